The van der Waals surface area contributed by atoms with Gasteiger partial charge < -0.3 is 10.2 Å². The van der Waals surface area contributed by atoms with Crippen LogP contribution in [-0.2, 0) is 12.4 Å². The molecule has 0 bridgehead atoms. The zero-order valence-electron chi connectivity index (χ0n) is 9.43. The van der Waals surface area contributed by atoms with Gasteiger partial charge in [0.1, 0.15) is 11.1 Å². The van der Waals surface area contributed by atoms with Crippen molar-refractivity contribution in [1.29, 1.82) is 0 Å². The molecule has 0 aliphatic rings. The summed E-state index contributed by atoms with van der Waals surface area (Å²) < 4.78 is 88.8. The fraction of sp³-hybridized carbons (Fsp3) is 0.200. The van der Waals surface area contributed by atoms with E-state index in [2.05, 4.69) is 0 Å². The van der Waals surface area contributed by atoms with E-state index in [0.29, 0.717) is 0 Å². The average Bonchev–Trinajstić information content (AvgIpc) is 2.23. The van der Waals surface area contributed by atoms with Gasteiger partial charge in [0.05, 0.1) is 11.1 Å². The first-order chi connectivity index (χ1) is 9.28. The number of aromatic carboxylic acids is 2. The second kappa shape index (κ2) is 4.90. The van der Waals surface area contributed by atoms with Crippen LogP contribution in [0.3, 0.4) is 0 Å². The number of carbonyl (C=O) groups is 2. The number of alkyl halides is 6. The van der Waals surface area contributed by atoms with Crippen molar-refractivity contribution in [3.63, 3.8) is 0 Å². The Balaban J connectivity index is 4.00. The molecule has 0 aliphatic carbocycles. The molecule has 0 radical (unpaired) electrons. The molecule has 21 heavy (non-hydrogen) atoms. The molecule has 0 atom stereocenters. The van der Waals surface area contributed by atoms with Crippen LogP contribution in [0.15, 0.2) is 6.07 Å². The number of hydrogen-bond acceptors (Lipinski definition) is 2. The Morgan fingerprint density at radius 3 is 1.67 bits per heavy atom. The van der Waals surface area contributed by atoms with Gasteiger partial charge >= 0.3 is 24.3 Å². The van der Waals surface area contributed by atoms with E-state index in [1.807, 2.05) is 0 Å². The van der Waals surface area contributed by atoms with Gasteiger partial charge in [0, 0.05) is 0 Å². The van der Waals surface area contributed by atoms with E-state index in [4.69, 9.17) is 10.2 Å². The normalized spacial score (nSPS) is 12.3. The molecule has 2 N–H and O–H groups in total. The van der Waals surface area contributed by atoms with E-state index in [9.17, 15) is 40.3 Å². The quantitative estimate of drug-likeness (QED) is 0.820. The topological polar surface area (TPSA) is 74.6 Å². The number of carboxylic acid groups (broad SMARTS) is 2. The molecule has 0 fully saturated rings. The fourth-order valence-corrected chi connectivity index (χ4v) is 1.53. The highest BCUT2D eigenvalue weighted by Crippen LogP contribution is 2.43. The van der Waals surface area contributed by atoms with Crippen LogP contribution >= 0.6 is 0 Å². The third-order valence-corrected chi connectivity index (χ3v) is 2.30. The van der Waals surface area contributed by atoms with Gasteiger partial charge in [0.2, 0.25) is 0 Å². The highest BCUT2D eigenvalue weighted by atomic mass is 19.4. The molecule has 0 aliphatic heterocycles. The van der Waals surface area contributed by atoms with Crippen molar-refractivity contribution in [1.82, 2.24) is 0 Å². The summed E-state index contributed by atoms with van der Waals surface area (Å²) >= 11 is 0. The van der Waals surface area contributed by atoms with Crippen LogP contribution < -0.4 is 0 Å². The molecule has 0 spiro atoms. The van der Waals surface area contributed by atoms with Gasteiger partial charge in [-0.2, -0.15) is 26.3 Å². The molecule has 1 aromatic carbocycles. The maximum absolute atomic E-state index is 13.6. The minimum Gasteiger partial charge on any atom is -0.478 e. The Bertz CT molecular complexity index is 615. The minimum absolute atomic E-state index is 0.558. The first-order valence-electron chi connectivity index (χ1n) is 4.76. The summed E-state index contributed by atoms with van der Waals surface area (Å²) in [6.07, 6.45) is -11.6. The van der Waals surface area contributed by atoms with E-state index in [1.165, 1.54) is 0 Å². The molecule has 11 heteroatoms. The van der Waals surface area contributed by atoms with E-state index in [0.717, 1.165) is 0 Å². The Hall–Kier alpha value is -2.33. The monoisotopic (exact) mass is 320 g/mol. The van der Waals surface area contributed by atoms with Gasteiger partial charge in [-0.05, 0) is 6.07 Å². The maximum Gasteiger partial charge on any atom is 0.419 e. The molecule has 4 nitrogen and oxygen atoms in total. The average molecular weight is 320 g/mol. The molecule has 0 unspecified atom stereocenters. The van der Waals surface area contributed by atoms with Crippen molar-refractivity contribution in [2.75, 3.05) is 0 Å². The predicted molar refractivity (Wildman–Crippen MR) is 50.3 cm³/mol. The lowest BCUT2D eigenvalue weighted by molar-refractivity contribution is -0.164. The van der Waals surface area contributed by atoms with Gasteiger partial charge in [-0.1, -0.05) is 0 Å². The van der Waals surface area contributed by atoms with Crippen molar-refractivity contribution in [2.24, 2.45) is 0 Å². The smallest absolute Gasteiger partial charge is 0.419 e. The number of benzene rings is 1. The molecule has 0 saturated heterocycles. The number of halogens is 7. The van der Waals surface area contributed by atoms with Crippen LogP contribution in [0.25, 0.3) is 0 Å². The Morgan fingerprint density at radius 1 is 0.905 bits per heavy atom. The van der Waals surface area contributed by atoms with Crippen molar-refractivity contribution >= 4 is 11.9 Å². The predicted octanol–water partition coefficient (Wildman–Crippen LogP) is 3.26. The van der Waals surface area contributed by atoms with Crippen molar-refractivity contribution < 1.29 is 50.5 Å². The summed E-state index contributed by atoms with van der Waals surface area (Å²) in [6, 6.07) is -0.558. The summed E-state index contributed by atoms with van der Waals surface area (Å²) in [5.74, 6) is -7.56. The summed E-state index contributed by atoms with van der Waals surface area (Å²) in [5.41, 5.74) is -9.23. The summed E-state index contributed by atoms with van der Waals surface area (Å²) in [4.78, 5) is 21.3. The molecule has 1 rings (SSSR count). The summed E-state index contributed by atoms with van der Waals surface area (Å²) in [7, 11) is 0. The molecular formula is C10H3F7O4. The SMILES string of the molecule is O=C(O)c1cc(C(F)(F)F)c(C(F)(F)F)c(F)c1C(=O)O. The van der Waals surface area contributed by atoms with Crippen molar-refractivity contribution in [3.8, 4) is 0 Å². The van der Waals surface area contributed by atoms with Crippen LogP contribution in [0.4, 0.5) is 30.7 Å². The first-order valence-corrected chi connectivity index (χ1v) is 4.76. The third-order valence-electron chi connectivity index (χ3n) is 2.30. The zero-order valence-corrected chi connectivity index (χ0v) is 9.43. The maximum atomic E-state index is 13.6. The van der Waals surface area contributed by atoms with Crippen LogP contribution in [0.2, 0.25) is 0 Å². The summed E-state index contributed by atoms with van der Waals surface area (Å²) in [5, 5.41) is 17.1. The lowest BCUT2D eigenvalue weighted by atomic mass is 9.96. The molecule has 0 heterocycles. The Morgan fingerprint density at radius 2 is 1.38 bits per heavy atom. The van der Waals surface area contributed by atoms with Gasteiger partial charge in [-0.25, -0.2) is 14.0 Å². The van der Waals surface area contributed by atoms with Crippen LogP contribution in [0.1, 0.15) is 31.8 Å². The third kappa shape index (κ3) is 3.06. The Labute approximate surface area is 110 Å². The van der Waals surface area contributed by atoms with Crippen LogP contribution in [0, 0.1) is 5.82 Å². The van der Waals surface area contributed by atoms with Crippen molar-refractivity contribution in [3.05, 3.63) is 34.1 Å². The van der Waals surface area contributed by atoms with E-state index >= 15 is 0 Å². The van der Waals surface area contributed by atoms with Gasteiger partial charge in [0.15, 0.2) is 5.82 Å². The lowest BCUT2D eigenvalue weighted by Gasteiger charge is -2.18. The van der Waals surface area contributed by atoms with Gasteiger partial charge in [-0.15, -0.1) is 0 Å². The first kappa shape index (κ1) is 16.7. The molecule has 0 aromatic heterocycles. The lowest BCUT2D eigenvalue weighted by Crippen LogP contribution is -2.23. The van der Waals surface area contributed by atoms with E-state index < -0.39 is 58.4 Å². The van der Waals surface area contributed by atoms with Crippen LogP contribution in [0.5, 0.6) is 0 Å². The standard InChI is InChI=1S/C10H3F7O4/c11-6-4(8(20)21)2(7(18)19)1-3(9(12,13)14)5(6)10(15,16)17/h1H,(H,18,19)(H,20,21). The number of rotatable bonds is 2. The number of hydrogen-bond donors (Lipinski definition) is 2. The van der Waals surface area contributed by atoms with Crippen LogP contribution in [-0.4, -0.2) is 22.2 Å². The largest absolute Gasteiger partial charge is 0.478 e. The second-order valence-corrected chi connectivity index (χ2v) is 3.64. The van der Waals surface area contributed by atoms with E-state index in [1.54, 1.807) is 0 Å². The molecular weight excluding hydrogens is 317 g/mol. The van der Waals surface area contributed by atoms with Gasteiger partial charge in [-0.3, -0.25) is 0 Å². The molecule has 0 saturated carbocycles. The van der Waals surface area contributed by atoms with E-state index in [-0.39, 0.29) is 0 Å². The zero-order chi connectivity index (χ0) is 16.7. The highest BCUT2D eigenvalue weighted by Gasteiger charge is 2.48. The van der Waals surface area contributed by atoms with Crippen molar-refractivity contribution in [2.45, 2.75) is 12.4 Å². The summed E-state index contributed by atoms with van der Waals surface area (Å²) in [6.45, 7) is 0. The minimum atomic E-state index is -5.86. The highest BCUT2D eigenvalue weighted by molar-refractivity contribution is 6.02. The second-order valence-electron chi connectivity index (χ2n) is 3.64. The molecule has 0 amide bonds. The fourth-order valence-electron chi connectivity index (χ4n) is 1.53. The Kier molecular flexibility index (Phi) is 3.90. The number of carboxylic acids is 2. The van der Waals surface area contributed by atoms with Gasteiger partial charge in [0.25, 0.3) is 0 Å². The molecule has 116 valence electrons. The molecule has 1 aromatic rings.